The van der Waals surface area contributed by atoms with Gasteiger partial charge in [-0.15, -0.1) is 0 Å². The van der Waals surface area contributed by atoms with Gasteiger partial charge in [0.1, 0.15) is 5.75 Å². The molecule has 0 radical (unpaired) electrons. The standard InChI is InChI=1S/C13H20N2O/c1-15(12-5-6-12)9-10-3-4-11(8-14)13(7-10)16-2/h3-4,7,12H,5-6,8-9,14H2,1-2H3. The van der Waals surface area contributed by atoms with E-state index in [1.165, 1.54) is 18.4 Å². The molecular formula is C13H20N2O. The van der Waals surface area contributed by atoms with E-state index in [2.05, 4.69) is 30.1 Å². The third-order valence-corrected chi connectivity index (χ3v) is 3.17. The molecule has 0 aromatic heterocycles. The Hall–Kier alpha value is -1.06. The molecule has 2 N–H and O–H groups in total. The molecule has 0 saturated heterocycles. The summed E-state index contributed by atoms with van der Waals surface area (Å²) >= 11 is 0. The maximum Gasteiger partial charge on any atom is 0.123 e. The molecule has 1 fully saturated rings. The van der Waals surface area contributed by atoms with Crippen LogP contribution >= 0.6 is 0 Å². The van der Waals surface area contributed by atoms with E-state index in [-0.39, 0.29) is 0 Å². The zero-order valence-electron chi connectivity index (χ0n) is 10.1. The highest BCUT2D eigenvalue weighted by atomic mass is 16.5. The number of ether oxygens (including phenoxy) is 1. The van der Waals surface area contributed by atoms with Crippen LogP contribution < -0.4 is 10.5 Å². The Morgan fingerprint density at radius 2 is 2.19 bits per heavy atom. The van der Waals surface area contributed by atoms with E-state index in [0.29, 0.717) is 6.54 Å². The largest absolute Gasteiger partial charge is 0.496 e. The number of nitrogens with two attached hydrogens (primary N) is 1. The van der Waals surface area contributed by atoms with Gasteiger partial charge in [0.05, 0.1) is 7.11 Å². The van der Waals surface area contributed by atoms with Crippen molar-refractivity contribution in [2.24, 2.45) is 5.73 Å². The van der Waals surface area contributed by atoms with Crippen LogP contribution in [0.25, 0.3) is 0 Å². The summed E-state index contributed by atoms with van der Waals surface area (Å²) in [6, 6.07) is 7.10. The average Bonchev–Trinajstić information content (AvgIpc) is 3.12. The van der Waals surface area contributed by atoms with Crippen molar-refractivity contribution in [2.45, 2.75) is 32.0 Å². The molecule has 88 valence electrons. The van der Waals surface area contributed by atoms with Crippen molar-refractivity contribution in [3.63, 3.8) is 0 Å². The minimum atomic E-state index is 0.530. The smallest absolute Gasteiger partial charge is 0.123 e. The number of rotatable bonds is 5. The molecule has 1 aliphatic carbocycles. The van der Waals surface area contributed by atoms with Crippen LogP contribution in [0.1, 0.15) is 24.0 Å². The number of hydrogen-bond acceptors (Lipinski definition) is 3. The first-order valence-corrected chi connectivity index (χ1v) is 5.80. The molecule has 16 heavy (non-hydrogen) atoms. The molecule has 2 rings (SSSR count). The molecule has 1 aromatic rings. The van der Waals surface area contributed by atoms with Crippen molar-refractivity contribution >= 4 is 0 Å². The Balaban J connectivity index is 2.08. The maximum absolute atomic E-state index is 5.65. The summed E-state index contributed by atoms with van der Waals surface area (Å²) in [5.74, 6) is 0.907. The minimum Gasteiger partial charge on any atom is -0.496 e. The van der Waals surface area contributed by atoms with Crippen LogP contribution in [-0.4, -0.2) is 25.1 Å². The Kier molecular flexibility index (Phi) is 3.46. The lowest BCUT2D eigenvalue weighted by atomic mass is 10.1. The summed E-state index contributed by atoms with van der Waals surface area (Å²) < 4.78 is 5.34. The minimum absolute atomic E-state index is 0.530. The topological polar surface area (TPSA) is 38.5 Å². The summed E-state index contributed by atoms with van der Waals surface area (Å²) in [7, 11) is 3.88. The summed E-state index contributed by atoms with van der Waals surface area (Å²) in [5.41, 5.74) is 8.01. The van der Waals surface area contributed by atoms with Crippen LogP contribution in [-0.2, 0) is 13.1 Å². The van der Waals surface area contributed by atoms with Gasteiger partial charge in [-0.25, -0.2) is 0 Å². The summed E-state index contributed by atoms with van der Waals surface area (Å²) in [4.78, 5) is 2.40. The molecular weight excluding hydrogens is 200 g/mol. The molecule has 3 heteroatoms. The second-order valence-corrected chi connectivity index (χ2v) is 4.50. The highest BCUT2D eigenvalue weighted by Crippen LogP contribution is 2.28. The summed E-state index contributed by atoms with van der Waals surface area (Å²) in [6.45, 7) is 1.52. The summed E-state index contributed by atoms with van der Waals surface area (Å²) in [6.07, 6.45) is 2.68. The maximum atomic E-state index is 5.65. The Labute approximate surface area is 97.2 Å². The zero-order valence-corrected chi connectivity index (χ0v) is 10.1. The first kappa shape index (κ1) is 11.4. The van der Waals surface area contributed by atoms with E-state index in [1.54, 1.807) is 7.11 Å². The van der Waals surface area contributed by atoms with Crippen LogP contribution in [0.3, 0.4) is 0 Å². The lowest BCUT2D eigenvalue weighted by molar-refractivity contribution is 0.315. The van der Waals surface area contributed by atoms with Gasteiger partial charge in [0.2, 0.25) is 0 Å². The molecule has 0 aliphatic heterocycles. The first-order valence-electron chi connectivity index (χ1n) is 5.80. The van der Waals surface area contributed by atoms with Gasteiger partial charge >= 0.3 is 0 Å². The van der Waals surface area contributed by atoms with Crippen molar-refractivity contribution < 1.29 is 4.74 Å². The Bertz CT molecular complexity index is 361. The fourth-order valence-corrected chi connectivity index (χ4v) is 1.99. The van der Waals surface area contributed by atoms with E-state index in [4.69, 9.17) is 10.5 Å². The van der Waals surface area contributed by atoms with Crippen molar-refractivity contribution in [3.05, 3.63) is 29.3 Å². The number of nitrogens with zero attached hydrogens (tertiary/aromatic N) is 1. The average molecular weight is 220 g/mol. The van der Waals surface area contributed by atoms with Gasteiger partial charge < -0.3 is 10.5 Å². The van der Waals surface area contributed by atoms with Gasteiger partial charge in [0.15, 0.2) is 0 Å². The lowest BCUT2D eigenvalue weighted by Gasteiger charge is -2.17. The molecule has 1 saturated carbocycles. The van der Waals surface area contributed by atoms with E-state index in [0.717, 1.165) is 23.9 Å². The number of methoxy groups -OCH3 is 1. The molecule has 0 atom stereocenters. The number of benzene rings is 1. The predicted molar refractivity (Wildman–Crippen MR) is 65.4 cm³/mol. The molecule has 1 aromatic carbocycles. The first-order chi connectivity index (χ1) is 7.74. The van der Waals surface area contributed by atoms with E-state index < -0.39 is 0 Å². The van der Waals surface area contributed by atoms with Crippen molar-refractivity contribution in [2.75, 3.05) is 14.2 Å². The molecule has 0 bridgehead atoms. The third-order valence-electron chi connectivity index (χ3n) is 3.17. The fourth-order valence-electron chi connectivity index (χ4n) is 1.99. The van der Waals surface area contributed by atoms with Crippen LogP contribution in [0, 0.1) is 0 Å². The SMILES string of the molecule is COc1cc(CN(C)C2CC2)ccc1CN. The molecule has 0 unspecified atom stereocenters. The van der Waals surface area contributed by atoms with Gasteiger partial charge in [-0.1, -0.05) is 12.1 Å². The van der Waals surface area contributed by atoms with E-state index in [9.17, 15) is 0 Å². The van der Waals surface area contributed by atoms with Crippen LogP contribution in [0.2, 0.25) is 0 Å². The van der Waals surface area contributed by atoms with E-state index in [1.807, 2.05) is 0 Å². The van der Waals surface area contributed by atoms with Gasteiger partial charge in [0, 0.05) is 24.7 Å². The highest BCUT2D eigenvalue weighted by molar-refractivity contribution is 5.37. The van der Waals surface area contributed by atoms with Gasteiger partial charge in [0.25, 0.3) is 0 Å². The van der Waals surface area contributed by atoms with Gasteiger partial charge in [-0.3, -0.25) is 4.90 Å². The van der Waals surface area contributed by atoms with Crippen molar-refractivity contribution in [3.8, 4) is 5.75 Å². The molecule has 1 aliphatic rings. The fraction of sp³-hybridized carbons (Fsp3) is 0.538. The molecule has 0 spiro atoms. The summed E-state index contributed by atoms with van der Waals surface area (Å²) in [5, 5.41) is 0. The zero-order chi connectivity index (χ0) is 11.5. The second-order valence-electron chi connectivity index (χ2n) is 4.50. The highest BCUT2D eigenvalue weighted by Gasteiger charge is 2.25. The van der Waals surface area contributed by atoms with Gasteiger partial charge in [-0.2, -0.15) is 0 Å². The van der Waals surface area contributed by atoms with Crippen LogP contribution in [0.15, 0.2) is 18.2 Å². The molecule has 3 nitrogen and oxygen atoms in total. The second kappa shape index (κ2) is 4.85. The predicted octanol–water partition coefficient (Wildman–Crippen LogP) is 1.75. The normalized spacial score (nSPS) is 15.5. The van der Waals surface area contributed by atoms with Crippen LogP contribution in [0.5, 0.6) is 5.75 Å². The van der Waals surface area contributed by atoms with Crippen molar-refractivity contribution in [1.82, 2.24) is 4.90 Å². The monoisotopic (exact) mass is 220 g/mol. The van der Waals surface area contributed by atoms with E-state index >= 15 is 0 Å². The number of hydrogen-bond donors (Lipinski definition) is 1. The van der Waals surface area contributed by atoms with Gasteiger partial charge in [-0.05, 0) is 31.5 Å². The van der Waals surface area contributed by atoms with Crippen LogP contribution in [0.4, 0.5) is 0 Å². The Morgan fingerprint density at radius 3 is 2.75 bits per heavy atom. The quantitative estimate of drug-likeness (QED) is 0.821. The third kappa shape index (κ3) is 2.54. The molecule has 0 amide bonds. The van der Waals surface area contributed by atoms with Crippen molar-refractivity contribution in [1.29, 1.82) is 0 Å². The molecule has 0 heterocycles. The Morgan fingerprint density at radius 1 is 1.44 bits per heavy atom. The lowest BCUT2D eigenvalue weighted by Crippen LogP contribution is -2.20.